The number of hydrogen-bond donors (Lipinski definition) is 0. The Morgan fingerprint density at radius 3 is 2.59 bits per heavy atom. The molecule has 3 saturated heterocycles. The Morgan fingerprint density at radius 1 is 1.16 bits per heavy atom. The van der Waals surface area contributed by atoms with Crippen LogP contribution < -0.4 is 0 Å². The summed E-state index contributed by atoms with van der Waals surface area (Å²) in [6.45, 7) is 14.1. The summed E-state index contributed by atoms with van der Waals surface area (Å²) in [7, 11) is 1.46. The summed E-state index contributed by atoms with van der Waals surface area (Å²) < 4.78 is 12.1. The molecule has 6 aliphatic rings. The lowest BCUT2D eigenvalue weighted by Gasteiger charge is -2.72. The first-order valence-corrected chi connectivity index (χ1v) is 14.6. The van der Waals surface area contributed by atoms with Gasteiger partial charge >= 0.3 is 5.97 Å². The van der Waals surface area contributed by atoms with Crippen molar-refractivity contribution in [3.63, 3.8) is 0 Å². The zero-order chi connectivity index (χ0) is 26.7. The van der Waals surface area contributed by atoms with Gasteiger partial charge in [0.15, 0.2) is 5.78 Å². The lowest BCUT2D eigenvalue weighted by molar-refractivity contribution is -0.263. The molecular weight excluding hydrogens is 466 g/mol. The highest BCUT2D eigenvalue weighted by atomic mass is 16.5. The third kappa shape index (κ3) is 3.21. The van der Waals surface area contributed by atoms with Crippen molar-refractivity contribution in [2.75, 3.05) is 13.7 Å². The fourth-order valence-corrected chi connectivity index (χ4v) is 10.9. The molecule has 5 fully saturated rings. The molecule has 2 bridgehead atoms. The van der Waals surface area contributed by atoms with Gasteiger partial charge in [-0.05, 0) is 79.6 Å². The highest BCUT2D eigenvalue weighted by Gasteiger charge is 2.74. The van der Waals surface area contributed by atoms with E-state index < -0.39 is 5.41 Å². The summed E-state index contributed by atoms with van der Waals surface area (Å²) in [4.78, 5) is 43.6. The number of rotatable bonds is 2. The van der Waals surface area contributed by atoms with E-state index in [9.17, 15) is 14.4 Å². The molecule has 11 atom stereocenters. The molecular formula is C31H45NO5. The van der Waals surface area contributed by atoms with Gasteiger partial charge in [-0.1, -0.05) is 40.2 Å². The second-order valence-corrected chi connectivity index (χ2v) is 14.6. The third-order valence-electron chi connectivity index (χ3n) is 12.6. The largest absolute Gasteiger partial charge is 0.469 e. The van der Waals surface area contributed by atoms with Gasteiger partial charge in [0.05, 0.1) is 19.6 Å². The molecule has 2 saturated carbocycles. The van der Waals surface area contributed by atoms with Crippen LogP contribution in [0.4, 0.5) is 0 Å². The molecule has 0 aromatic carbocycles. The molecule has 0 amide bonds. The van der Waals surface area contributed by atoms with E-state index in [-0.39, 0.29) is 76.3 Å². The molecule has 3 aliphatic heterocycles. The summed E-state index contributed by atoms with van der Waals surface area (Å²) in [5, 5.41) is 0. The maximum atomic E-state index is 14.4. The Kier molecular flexibility index (Phi) is 5.56. The number of allylic oxidation sites excluding steroid dienone is 2. The number of esters is 1. The van der Waals surface area contributed by atoms with Crippen LogP contribution in [0.3, 0.4) is 0 Å². The minimum Gasteiger partial charge on any atom is -0.469 e. The van der Waals surface area contributed by atoms with Crippen molar-refractivity contribution < 1.29 is 23.9 Å². The van der Waals surface area contributed by atoms with E-state index >= 15 is 0 Å². The normalized spacial score (nSPS) is 52.9. The lowest BCUT2D eigenvalue weighted by atomic mass is 9.34. The molecule has 11 unspecified atom stereocenters. The van der Waals surface area contributed by atoms with Crippen molar-refractivity contribution in [1.82, 2.24) is 4.90 Å². The standard InChI is InChI=1S/C31H45NO5/c1-17-11-21-25(22(33)12-17)19(3)26(35)27-28(21,4)14-23-29(5,30(27,6)15-24(34)36-7)8-9-31-13-18(2)10-20(37-31)16-32(23)31/h12,18-21,23,25,27H,8-11,13-16H2,1-7H3. The Labute approximate surface area is 221 Å². The molecule has 0 N–H and O–H groups in total. The van der Waals surface area contributed by atoms with Gasteiger partial charge in [-0.3, -0.25) is 19.3 Å². The predicted octanol–water partition coefficient (Wildman–Crippen LogP) is 4.95. The number of carbonyl (C=O) groups excluding carboxylic acids is 3. The molecule has 6 heteroatoms. The second kappa shape index (κ2) is 8.00. The van der Waals surface area contributed by atoms with E-state index in [4.69, 9.17) is 9.47 Å². The molecule has 6 nitrogen and oxygen atoms in total. The number of methoxy groups -OCH3 is 1. The number of ketones is 2. The van der Waals surface area contributed by atoms with E-state index in [0.29, 0.717) is 5.92 Å². The van der Waals surface area contributed by atoms with Crippen LogP contribution in [0.25, 0.3) is 0 Å². The minimum absolute atomic E-state index is 0.101. The Balaban J connectivity index is 1.53. The van der Waals surface area contributed by atoms with Gasteiger partial charge in [0.2, 0.25) is 0 Å². The average molecular weight is 512 g/mol. The van der Waals surface area contributed by atoms with Crippen LogP contribution in [-0.4, -0.2) is 54.0 Å². The number of Topliss-reactive ketones (excluding diaryl/α,β-unsaturated/α-hetero) is 1. The molecule has 1 spiro atoms. The molecule has 0 aromatic heterocycles. The first kappa shape index (κ1) is 25.7. The molecule has 6 rings (SSSR count). The summed E-state index contributed by atoms with van der Waals surface area (Å²) in [5.74, 6) is -0.0942. The molecule has 204 valence electrons. The van der Waals surface area contributed by atoms with Crippen LogP contribution in [0.1, 0.15) is 86.5 Å². The summed E-state index contributed by atoms with van der Waals surface area (Å²) in [6, 6.07) is 0.190. The van der Waals surface area contributed by atoms with Gasteiger partial charge in [-0.25, -0.2) is 0 Å². The van der Waals surface area contributed by atoms with E-state index in [2.05, 4.69) is 39.5 Å². The van der Waals surface area contributed by atoms with Crippen molar-refractivity contribution in [3.8, 4) is 0 Å². The smallest absolute Gasteiger partial charge is 0.306 e. The van der Waals surface area contributed by atoms with E-state index in [0.717, 1.165) is 50.6 Å². The maximum absolute atomic E-state index is 14.4. The number of ether oxygens (including phenoxy) is 2. The first-order valence-electron chi connectivity index (χ1n) is 14.6. The molecule has 3 aliphatic carbocycles. The Hall–Kier alpha value is -1.53. The van der Waals surface area contributed by atoms with Crippen molar-refractivity contribution in [1.29, 1.82) is 0 Å². The number of fused-ring (bicyclic) bond motifs is 6. The predicted molar refractivity (Wildman–Crippen MR) is 139 cm³/mol. The fourth-order valence-electron chi connectivity index (χ4n) is 10.9. The SMILES string of the molecule is COC(=O)CC1(C)C2C(=O)C(C)C3C(=O)C=C(C)CC3C2(C)CC2N3CC4CC(C)CC3(CCC21C)O4. The Morgan fingerprint density at radius 2 is 1.89 bits per heavy atom. The van der Waals surface area contributed by atoms with Crippen molar-refractivity contribution in [2.45, 2.75) is 104 Å². The number of piperidine rings is 1. The van der Waals surface area contributed by atoms with Gasteiger partial charge in [-0.2, -0.15) is 0 Å². The third-order valence-corrected chi connectivity index (χ3v) is 12.6. The van der Waals surface area contributed by atoms with E-state index in [1.54, 1.807) is 6.08 Å². The van der Waals surface area contributed by atoms with Crippen molar-refractivity contribution in [2.24, 2.45) is 45.8 Å². The maximum Gasteiger partial charge on any atom is 0.306 e. The Bertz CT molecular complexity index is 1080. The summed E-state index contributed by atoms with van der Waals surface area (Å²) in [6.07, 6.45) is 8.01. The van der Waals surface area contributed by atoms with Gasteiger partial charge in [0.1, 0.15) is 11.5 Å². The highest BCUT2D eigenvalue weighted by Crippen LogP contribution is 2.73. The van der Waals surface area contributed by atoms with Crippen molar-refractivity contribution >= 4 is 17.5 Å². The van der Waals surface area contributed by atoms with Crippen LogP contribution in [0.5, 0.6) is 0 Å². The molecule has 3 heterocycles. The number of nitrogens with zero attached hydrogens (tertiary/aromatic N) is 1. The quantitative estimate of drug-likeness (QED) is 0.489. The average Bonchev–Trinajstić information content (AvgIpc) is 3.09. The zero-order valence-corrected chi connectivity index (χ0v) is 23.8. The second-order valence-electron chi connectivity index (χ2n) is 14.6. The van der Waals surface area contributed by atoms with Crippen molar-refractivity contribution in [3.05, 3.63) is 11.6 Å². The van der Waals surface area contributed by atoms with Crippen LogP contribution >= 0.6 is 0 Å². The highest BCUT2D eigenvalue weighted by molar-refractivity contribution is 5.99. The number of carbonyl (C=O) groups is 3. The topological polar surface area (TPSA) is 72.9 Å². The molecule has 0 radical (unpaired) electrons. The number of hydrogen-bond acceptors (Lipinski definition) is 6. The summed E-state index contributed by atoms with van der Waals surface area (Å²) in [5.41, 5.74) is -0.313. The molecule has 37 heavy (non-hydrogen) atoms. The van der Waals surface area contributed by atoms with Gasteiger partial charge < -0.3 is 9.47 Å². The minimum atomic E-state index is -0.573. The lowest BCUT2D eigenvalue weighted by Crippen LogP contribution is -2.74. The van der Waals surface area contributed by atoms with Crippen LogP contribution in [-0.2, 0) is 23.9 Å². The van der Waals surface area contributed by atoms with Crippen LogP contribution in [0.15, 0.2) is 11.6 Å². The fraction of sp³-hybridized carbons (Fsp3) is 0.839. The van der Waals surface area contributed by atoms with Gasteiger partial charge in [0, 0.05) is 30.3 Å². The van der Waals surface area contributed by atoms with Gasteiger partial charge in [0.25, 0.3) is 0 Å². The molecule has 0 aromatic rings. The zero-order valence-electron chi connectivity index (χ0n) is 23.8. The van der Waals surface area contributed by atoms with Crippen LogP contribution in [0.2, 0.25) is 0 Å². The van der Waals surface area contributed by atoms with E-state index in [1.807, 2.05) is 6.92 Å². The van der Waals surface area contributed by atoms with E-state index in [1.165, 1.54) is 7.11 Å². The van der Waals surface area contributed by atoms with Crippen LogP contribution in [0, 0.1) is 45.8 Å². The van der Waals surface area contributed by atoms with Gasteiger partial charge in [-0.15, -0.1) is 0 Å². The monoisotopic (exact) mass is 511 g/mol. The summed E-state index contributed by atoms with van der Waals surface area (Å²) >= 11 is 0. The first-order chi connectivity index (χ1) is 17.3.